The molecule has 0 saturated carbocycles. The van der Waals surface area contributed by atoms with E-state index in [-0.39, 0.29) is 11.4 Å². The van der Waals surface area contributed by atoms with Crippen LogP contribution in [0.15, 0.2) is 71.6 Å². The molecule has 0 aliphatic carbocycles. The van der Waals surface area contributed by atoms with Crippen molar-refractivity contribution in [3.8, 4) is 5.75 Å². The predicted octanol–water partition coefficient (Wildman–Crippen LogP) is 2.96. The molecule has 1 heterocycles. The third kappa shape index (κ3) is 5.66. The van der Waals surface area contributed by atoms with Crippen molar-refractivity contribution in [1.29, 1.82) is 0 Å². The van der Waals surface area contributed by atoms with Crippen LogP contribution in [-0.2, 0) is 10.0 Å². The van der Waals surface area contributed by atoms with E-state index < -0.39 is 16.1 Å². The molecular weight excluding hydrogens is 454 g/mol. The van der Waals surface area contributed by atoms with E-state index in [0.717, 1.165) is 22.3 Å². The number of ether oxygens (including phenoxy) is 1. The number of aliphatic hydroxyl groups excluding tert-OH is 1. The molecule has 178 valence electrons. The average Bonchev–Trinajstić information content (AvgIpc) is 3.19. The molecule has 0 unspecified atom stereocenters. The zero-order valence-corrected chi connectivity index (χ0v) is 19.5. The van der Waals surface area contributed by atoms with E-state index in [2.05, 4.69) is 20.2 Å². The van der Waals surface area contributed by atoms with Crippen molar-refractivity contribution < 1.29 is 18.3 Å². The molecule has 3 aromatic carbocycles. The molecule has 1 aromatic heterocycles. The number of aryl methyl sites for hydroxylation is 1. The molecule has 1 atom stereocenters. The highest BCUT2D eigenvalue weighted by Gasteiger charge is 2.15. The summed E-state index contributed by atoms with van der Waals surface area (Å²) in [5, 5.41) is 21.9. The molecule has 6 N–H and O–H groups in total. The Morgan fingerprint density at radius 2 is 1.91 bits per heavy atom. The number of benzene rings is 3. The summed E-state index contributed by atoms with van der Waals surface area (Å²) < 4.78 is 33.4. The van der Waals surface area contributed by atoms with Crippen molar-refractivity contribution in [2.24, 2.45) is 0 Å². The molecule has 0 spiro atoms. The van der Waals surface area contributed by atoms with Gasteiger partial charge in [0.15, 0.2) is 0 Å². The summed E-state index contributed by atoms with van der Waals surface area (Å²) in [5.74, 6) is 0.724. The van der Waals surface area contributed by atoms with Gasteiger partial charge in [0.1, 0.15) is 12.4 Å². The number of nitrogens with one attached hydrogen (secondary N) is 3. The number of rotatable bonds is 10. The van der Waals surface area contributed by atoms with Crippen LogP contribution in [0.3, 0.4) is 0 Å². The number of nitrogen functional groups attached to an aromatic ring is 1. The second kappa shape index (κ2) is 10.1. The Hall–Kier alpha value is -3.60. The van der Waals surface area contributed by atoms with E-state index in [1.54, 1.807) is 24.3 Å². The van der Waals surface area contributed by atoms with Gasteiger partial charge in [-0.25, -0.2) is 8.42 Å². The van der Waals surface area contributed by atoms with Gasteiger partial charge in [-0.2, -0.15) is 5.10 Å². The third-order valence-corrected chi connectivity index (χ3v) is 6.71. The van der Waals surface area contributed by atoms with Gasteiger partial charge in [0.25, 0.3) is 10.0 Å². The Bertz CT molecular complexity index is 1370. The minimum Gasteiger partial charge on any atom is -0.492 e. The third-order valence-electron chi connectivity index (χ3n) is 5.32. The Morgan fingerprint density at radius 3 is 2.71 bits per heavy atom. The fourth-order valence-corrected chi connectivity index (χ4v) is 4.53. The molecule has 0 aliphatic rings. The van der Waals surface area contributed by atoms with Crippen molar-refractivity contribution in [2.45, 2.75) is 17.9 Å². The summed E-state index contributed by atoms with van der Waals surface area (Å²) in [6, 6.07) is 18.4. The fraction of sp³-hybridized carbons (Fsp3) is 0.208. The van der Waals surface area contributed by atoms with Gasteiger partial charge >= 0.3 is 0 Å². The number of sulfonamides is 1. The Balaban J connectivity index is 1.27. The fourth-order valence-electron chi connectivity index (χ4n) is 3.48. The maximum atomic E-state index is 12.6. The minimum absolute atomic E-state index is 0.107. The van der Waals surface area contributed by atoms with E-state index in [0.29, 0.717) is 30.1 Å². The molecule has 10 heteroatoms. The van der Waals surface area contributed by atoms with Gasteiger partial charge in [-0.3, -0.25) is 9.82 Å². The van der Waals surface area contributed by atoms with E-state index in [1.165, 1.54) is 24.3 Å². The van der Waals surface area contributed by atoms with Crippen LogP contribution in [0.1, 0.15) is 17.4 Å². The van der Waals surface area contributed by atoms with Gasteiger partial charge in [0, 0.05) is 41.6 Å². The summed E-state index contributed by atoms with van der Waals surface area (Å²) >= 11 is 0. The molecule has 0 bridgehead atoms. The summed E-state index contributed by atoms with van der Waals surface area (Å²) in [6.45, 7) is 3.20. The minimum atomic E-state index is -3.76. The predicted molar refractivity (Wildman–Crippen MR) is 132 cm³/mol. The Labute approximate surface area is 198 Å². The molecule has 4 rings (SSSR count). The van der Waals surface area contributed by atoms with Crippen LogP contribution < -0.4 is 20.5 Å². The van der Waals surface area contributed by atoms with Crippen LogP contribution >= 0.6 is 0 Å². The van der Waals surface area contributed by atoms with Crippen LogP contribution in [0.5, 0.6) is 5.75 Å². The highest BCUT2D eigenvalue weighted by Crippen LogP contribution is 2.22. The van der Waals surface area contributed by atoms with Crippen LogP contribution in [0.2, 0.25) is 0 Å². The first kappa shape index (κ1) is 23.6. The normalized spacial score (nSPS) is 12.5. The first-order valence-electron chi connectivity index (χ1n) is 10.8. The van der Waals surface area contributed by atoms with Crippen LogP contribution in [0.4, 0.5) is 11.4 Å². The SMILES string of the molecule is Cc1[nH]nc2cc(OCCNC[C@H](O)c3cccc(NS(=O)(=O)c4ccc(N)cc4)c3)ccc12. The van der Waals surface area contributed by atoms with Gasteiger partial charge in [-0.05, 0) is 61.0 Å². The van der Waals surface area contributed by atoms with E-state index in [1.807, 2.05) is 25.1 Å². The largest absolute Gasteiger partial charge is 0.492 e. The number of aliphatic hydroxyl groups is 1. The molecule has 0 aliphatic heterocycles. The average molecular weight is 482 g/mol. The number of aromatic nitrogens is 2. The van der Waals surface area contributed by atoms with E-state index >= 15 is 0 Å². The topological polar surface area (TPSA) is 142 Å². The van der Waals surface area contributed by atoms with Crippen molar-refractivity contribution in [3.63, 3.8) is 0 Å². The number of nitrogens with two attached hydrogens (primary N) is 1. The van der Waals surface area contributed by atoms with E-state index in [9.17, 15) is 13.5 Å². The summed E-state index contributed by atoms with van der Waals surface area (Å²) in [4.78, 5) is 0.107. The molecule has 9 nitrogen and oxygen atoms in total. The maximum Gasteiger partial charge on any atom is 0.261 e. The lowest BCUT2D eigenvalue weighted by Gasteiger charge is -2.15. The number of H-pyrrole nitrogens is 1. The number of aromatic amines is 1. The summed E-state index contributed by atoms with van der Waals surface area (Å²) in [6.07, 6.45) is -0.815. The second-order valence-corrected chi connectivity index (χ2v) is 9.58. The van der Waals surface area contributed by atoms with Crippen molar-refractivity contribution in [3.05, 3.63) is 78.0 Å². The molecule has 0 amide bonds. The number of fused-ring (bicyclic) bond motifs is 1. The van der Waals surface area contributed by atoms with Gasteiger partial charge in [0.05, 0.1) is 16.5 Å². The molecule has 0 fully saturated rings. The molecule has 0 saturated heterocycles. The maximum absolute atomic E-state index is 12.6. The highest BCUT2D eigenvalue weighted by atomic mass is 32.2. The quantitative estimate of drug-likeness (QED) is 0.173. The Morgan fingerprint density at radius 1 is 1.12 bits per heavy atom. The number of hydrogen-bond acceptors (Lipinski definition) is 7. The zero-order chi connectivity index (χ0) is 24.1. The standard InChI is InChI=1S/C24H27N5O4S/c1-16-22-10-7-20(14-23(22)28-27-16)33-12-11-26-15-24(30)17-3-2-4-19(13-17)29-34(31,32)21-8-5-18(25)6-9-21/h2-10,13-14,24,26,29-30H,11-12,15,25H2,1H3,(H,27,28)/t24-/m0/s1. The van der Waals surface area contributed by atoms with Gasteiger partial charge in [0.2, 0.25) is 0 Å². The van der Waals surface area contributed by atoms with Gasteiger partial charge < -0.3 is 20.9 Å². The Kier molecular flexibility index (Phi) is 7.01. The number of hydrogen-bond donors (Lipinski definition) is 5. The van der Waals surface area contributed by atoms with Gasteiger partial charge in [-0.15, -0.1) is 0 Å². The molecule has 34 heavy (non-hydrogen) atoms. The van der Waals surface area contributed by atoms with Crippen molar-refractivity contribution >= 4 is 32.3 Å². The lowest BCUT2D eigenvalue weighted by atomic mass is 10.1. The lowest BCUT2D eigenvalue weighted by molar-refractivity contribution is 0.172. The molecular formula is C24H27N5O4S. The van der Waals surface area contributed by atoms with Crippen LogP contribution in [-0.4, -0.2) is 43.4 Å². The summed E-state index contributed by atoms with van der Waals surface area (Å²) in [7, 11) is -3.76. The first-order chi connectivity index (χ1) is 16.3. The van der Waals surface area contributed by atoms with Gasteiger partial charge in [-0.1, -0.05) is 12.1 Å². The van der Waals surface area contributed by atoms with Crippen molar-refractivity contribution in [2.75, 3.05) is 30.2 Å². The van der Waals surface area contributed by atoms with Crippen molar-refractivity contribution in [1.82, 2.24) is 15.5 Å². The zero-order valence-electron chi connectivity index (χ0n) is 18.7. The lowest BCUT2D eigenvalue weighted by Crippen LogP contribution is -2.26. The van der Waals surface area contributed by atoms with E-state index in [4.69, 9.17) is 10.5 Å². The number of nitrogens with zero attached hydrogens (tertiary/aromatic N) is 1. The monoisotopic (exact) mass is 481 g/mol. The summed E-state index contributed by atoms with van der Waals surface area (Å²) in [5.41, 5.74) is 8.92. The molecule has 4 aromatic rings. The smallest absolute Gasteiger partial charge is 0.261 e. The van der Waals surface area contributed by atoms with Crippen LogP contribution in [0, 0.1) is 6.92 Å². The first-order valence-corrected chi connectivity index (χ1v) is 12.2. The van der Waals surface area contributed by atoms with Crippen LogP contribution in [0.25, 0.3) is 10.9 Å². The second-order valence-electron chi connectivity index (χ2n) is 7.90. The highest BCUT2D eigenvalue weighted by molar-refractivity contribution is 7.92. The molecule has 0 radical (unpaired) electrons. The number of anilines is 2.